The van der Waals surface area contributed by atoms with Gasteiger partial charge in [-0.15, -0.1) is 0 Å². The Balaban J connectivity index is 1.41. The van der Waals surface area contributed by atoms with Crippen molar-refractivity contribution in [3.05, 3.63) is 71.8 Å². The van der Waals surface area contributed by atoms with Crippen molar-refractivity contribution in [2.45, 2.75) is 133 Å². The first-order chi connectivity index (χ1) is 35.6. The Bertz CT molecular complexity index is 2320. The van der Waals surface area contributed by atoms with Gasteiger partial charge in [-0.2, -0.15) is 26.3 Å². The van der Waals surface area contributed by atoms with Crippen LogP contribution in [0.1, 0.15) is 70.9 Å². The number of amides is 6. The molecule has 0 aromatic heterocycles. The van der Waals surface area contributed by atoms with Crippen LogP contribution in [-0.2, 0) is 51.1 Å². The Hall–Kier alpha value is -6.20. The van der Waals surface area contributed by atoms with E-state index in [0.29, 0.717) is 32.1 Å². The van der Waals surface area contributed by atoms with E-state index >= 15 is 0 Å². The number of likely N-dealkylation sites (tertiary alicyclic amines) is 2. The topological polar surface area (TPSA) is 182 Å². The number of benzene rings is 2. The third-order valence-corrected chi connectivity index (χ3v) is 13.3. The molecule has 2 fully saturated rings. The number of carbonyl (C=O) groups excluding carboxylic acids is 6. The Morgan fingerprint density at radius 3 is 1.39 bits per heavy atom. The predicted molar refractivity (Wildman–Crippen MR) is 267 cm³/mol. The summed E-state index contributed by atoms with van der Waals surface area (Å²) in [6.07, 6.45) is -9.85. The molecule has 8 atom stereocenters. The molecule has 4 N–H and O–H groups in total. The fourth-order valence-electron chi connectivity index (χ4n) is 8.71. The average Bonchev–Trinajstić information content (AvgIpc) is 4.07. The molecule has 2 heterocycles. The van der Waals surface area contributed by atoms with Crippen LogP contribution in [0.25, 0.3) is 0 Å². The molecule has 2 aliphatic heterocycles. The van der Waals surface area contributed by atoms with Gasteiger partial charge in [0.15, 0.2) is 0 Å². The van der Waals surface area contributed by atoms with E-state index < -0.39 is 96.3 Å². The lowest BCUT2D eigenvalue weighted by molar-refractivity contribution is -0.186. The largest absolute Gasteiger partial charge is 0.471 e. The van der Waals surface area contributed by atoms with Crippen LogP contribution in [0.4, 0.5) is 26.3 Å². The second kappa shape index (κ2) is 29.8. The van der Waals surface area contributed by atoms with Gasteiger partial charge in [0.1, 0.15) is 25.3 Å². The lowest BCUT2D eigenvalue weighted by Gasteiger charge is -2.35. The van der Waals surface area contributed by atoms with E-state index in [9.17, 15) is 55.1 Å². The summed E-state index contributed by atoms with van der Waals surface area (Å²) in [4.78, 5) is 84.1. The number of nitrogens with zero attached hydrogens (tertiary/aromatic N) is 4. The zero-order valence-electron chi connectivity index (χ0n) is 43.3. The number of likely N-dealkylation sites (N-methyl/N-ethyl adjacent to an activating group) is 2. The summed E-state index contributed by atoms with van der Waals surface area (Å²) in [5.41, 5.74) is 1.64. The number of alkyl halides is 6. The van der Waals surface area contributed by atoms with Gasteiger partial charge in [0.05, 0.1) is 24.3 Å². The maximum absolute atomic E-state index is 14.2. The number of rotatable bonds is 25. The molecular weight excluding hydrogens is 991 g/mol. The molecule has 2 saturated heterocycles. The molecule has 75 heavy (non-hydrogen) atoms. The van der Waals surface area contributed by atoms with E-state index in [2.05, 4.69) is 44.9 Å². The van der Waals surface area contributed by atoms with Crippen LogP contribution >= 0.6 is 0 Å². The molecule has 16 nitrogen and oxygen atoms in total. The van der Waals surface area contributed by atoms with Crippen molar-refractivity contribution >= 4 is 35.4 Å². The molecule has 2 aromatic carbocycles. The molecule has 0 saturated carbocycles. The minimum absolute atomic E-state index is 0.159. The van der Waals surface area contributed by atoms with Crippen molar-refractivity contribution in [2.75, 3.05) is 66.6 Å². The highest BCUT2D eigenvalue weighted by molar-refractivity contribution is 5.91. The summed E-state index contributed by atoms with van der Waals surface area (Å²) < 4.78 is 94.6. The Morgan fingerprint density at radius 1 is 0.613 bits per heavy atom. The molecule has 0 radical (unpaired) electrons. The van der Waals surface area contributed by atoms with Crippen LogP contribution in [-0.4, -0.2) is 182 Å². The smallest absolute Gasteiger partial charge is 0.363 e. The highest BCUT2D eigenvalue weighted by Gasteiger charge is 2.46. The molecule has 2 aromatic rings. The number of carbonyl (C=O) groups is 6. The Kier molecular flexibility index (Phi) is 24.4. The Morgan fingerprint density at radius 2 is 1.00 bits per heavy atom. The van der Waals surface area contributed by atoms with Crippen molar-refractivity contribution in [1.29, 1.82) is 0 Å². The summed E-state index contributed by atoms with van der Waals surface area (Å²) in [5.74, 6) is 4.29. The van der Waals surface area contributed by atoms with Gasteiger partial charge < -0.3 is 50.3 Å². The first kappa shape index (κ1) is 61.3. The van der Waals surface area contributed by atoms with Crippen LogP contribution < -0.4 is 21.3 Å². The van der Waals surface area contributed by atoms with Gasteiger partial charge in [-0.25, -0.2) is 0 Å². The molecule has 0 bridgehead atoms. The molecule has 0 spiro atoms. The van der Waals surface area contributed by atoms with Crippen molar-refractivity contribution in [3.8, 4) is 23.7 Å². The summed E-state index contributed by atoms with van der Waals surface area (Å²) in [5, 5.41) is 11.0. The van der Waals surface area contributed by atoms with Gasteiger partial charge in [-0.3, -0.25) is 28.8 Å². The Labute approximate surface area is 435 Å². The molecular formula is C53H70F6N8O8. The number of aryl methyl sites for hydroxylation is 1. The summed E-state index contributed by atoms with van der Waals surface area (Å²) >= 11 is 0. The van der Waals surface area contributed by atoms with E-state index in [0.717, 1.165) is 20.9 Å². The summed E-state index contributed by atoms with van der Waals surface area (Å²) in [6.45, 7) is 4.86. The summed E-state index contributed by atoms with van der Waals surface area (Å²) in [7, 11) is 3.10. The fraction of sp³-hybridized carbons (Fsp3) is 0.585. The lowest BCUT2D eigenvalue weighted by atomic mass is 10.1. The second-order valence-corrected chi connectivity index (χ2v) is 18.6. The van der Waals surface area contributed by atoms with Crippen LogP contribution in [0.15, 0.2) is 60.7 Å². The quantitative estimate of drug-likeness (QED) is 0.0848. The fourth-order valence-corrected chi connectivity index (χ4v) is 8.71. The second-order valence-electron chi connectivity index (χ2n) is 18.6. The number of halogens is 6. The molecule has 2 aliphatic rings. The van der Waals surface area contributed by atoms with Crippen LogP contribution in [0.5, 0.6) is 0 Å². The van der Waals surface area contributed by atoms with E-state index in [1.165, 1.54) is 23.6 Å². The molecule has 0 unspecified atom stereocenters. The maximum atomic E-state index is 14.2. The monoisotopic (exact) mass is 1060 g/mol. The van der Waals surface area contributed by atoms with E-state index in [1.54, 1.807) is 58.3 Å². The van der Waals surface area contributed by atoms with Crippen LogP contribution in [0, 0.1) is 23.7 Å². The lowest BCUT2D eigenvalue weighted by Crippen LogP contribution is -2.59. The predicted octanol–water partition coefficient (Wildman–Crippen LogP) is 3.63. The van der Waals surface area contributed by atoms with Gasteiger partial charge >= 0.3 is 24.2 Å². The average molecular weight is 1060 g/mol. The highest BCUT2D eigenvalue weighted by atomic mass is 19.4. The zero-order valence-corrected chi connectivity index (χ0v) is 43.3. The van der Waals surface area contributed by atoms with Crippen molar-refractivity contribution < 1.29 is 64.6 Å². The highest BCUT2D eigenvalue weighted by Crippen LogP contribution is 2.27. The zero-order chi connectivity index (χ0) is 55.3. The SMILES string of the molecule is CN[C@@H](C)C(=O)N[C@H](C(=O)N1CCC[C@H]1CN(CCCc1ccccc1)C(=O)C(F)(F)F)[C@@H](C)OCC#CC#CCO[C@H](C)[C@H](NC(=O)[C@H](C)NC)C(=O)N1CCC[C@H]1CN(CCc1ccccc1)C(=O)C(F)(F)F. The van der Waals surface area contributed by atoms with Crippen molar-refractivity contribution in [3.63, 3.8) is 0 Å². The molecule has 6 amide bonds. The van der Waals surface area contributed by atoms with Crippen LogP contribution in [0.2, 0.25) is 0 Å². The van der Waals surface area contributed by atoms with Crippen molar-refractivity contribution in [1.82, 2.24) is 40.9 Å². The summed E-state index contributed by atoms with van der Waals surface area (Å²) in [6, 6.07) is 12.3. The van der Waals surface area contributed by atoms with Gasteiger partial charge in [0, 0.05) is 51.4 Å². The van der Waals surface area contributed by atoms with Crippen molar-refractivity contribution in [2.24, 2.45) is 0 Å². The third-order valence-electron chi connectivity index (χ3n) is 13.3. The van der Waals surface area contributed by atoms with E-state index in [-0.39, 0.29) is 65.3 Å². The first-order valence-electron chi connectivity index (χ1n) is 25.1. The van der Waals surface area contributed by atoms with E-state index in [1.807, 2.05) is 30.3 Å². The number of nitrogens with one attached hydrogen (secondary N) is 4. The number of ether oxygens (including phenoxy) is 2. The standard InChI is InChI=1S/C53H70F6N8O8/c1-36(60-5)46(68)62-44(48(70)66-29-18-25-42(66)34-64(50(72)52(54,55)56)28-17-24-40-20-11-9-12-21-40)38(3)74-32-15-7-8-16-33-75-39(4)45(63-47(69)37(2)61-6)49(71)67-30-19-26-43(67)35-65(51(73)53(57,58)59)31-27-41-22-13-10-14-23-41/h9-14,20-23,36-39,42-45,60-61H,17-19,24-35H2,1-6H3,(H,62,68)(H,63,69)/t36-,37-,38+,39+,42-,43-,44-,45-/m0/s1. The minimum atomic E-state index is -5.14. The normalized spacial score (nSPS) is 18.0. The third kappa shape index (κ3) is 19.2. The molecule has 412 valence electrons. The first-order valence-corrected chi connectivity index (χ1v) is 25.1. The molecule has 4 rings (SSSR count). The van der Waals surface area contributed by atoms with E-state index in [4.69, 9.17) is 9.47 Å². The minimum Gasteiger partial charge on any atom is -0.363 e. The number of hydrogen-bond donors (Lipinski definition) is 4. The molecule has 0 aliphatic carbocycles. The van der Waals surface area contributed by atoms with Crippen LogP contribution in [0.3, 0.4) is 0 Å². The molecule has 22 heteroatoms. The van der Waals surface area contributed by atoms with Gasteiger partial charge in [-0.1, -0.05) is 72.5 Å². The van der Waals surface area contributed by atoms with Gasteiger partial charge in [0.2, 0.25) is 23.6 Å². The number of hydrogen-bond acceptors (Lipinski definition) is 10. The maximum Gasteiger partial charge on any atom is 0.471 e. The van der Waals surface area contributed by atoms with Gasteiger partial charge in [0.25, 0.3) is 0 Å². The van der Waals surface area contributed by atoms with Gasteiger partial charge in [-0.05, 0) is 110 Å².